The van der Waals surface area contributed by atoms with Gasteiger partial charge in [0, 0.05) is 19.8 Å². The first-order chi connectivity index (χ1) is 11.0. The van der Waals surface area contributed by atoms with Gasteiger partial charge in [0.2, 0.25) is 0 Å². The molecule has 122 valence electrons. The van der Waals surface area contributed by atoms with Crippen molar-refractivity contribution in [1.82, 2.24) is 0 Å². The molecule has 0 aliphatic carbocycles. The van der Waals surface area contributed by atoms with Crippen LogP contribution in [0, 0.1) is 13.8 Å². The highest BCUT2D eigenvalue weighted by molar-refractivity contribution is 7.48. The lowest BCUT2D eigenvalue weighted by Crippen LogP contribution is -2.01. The fourth-order valence-electron chi connectivity index (χ4n) is 2.07. The second-order valence-electron chi connectivity index (χ2n) is 5.07. The van der Waals surface area contributed by atoms with Crippen molar-refractivity contribution in [2.24, 2.45) is 0 Å². The summed E-state index contributed by atoms with van der Waals surface area (Å²) in [4.78, 5) is 0. The largest absolute Gasteiger partial charge is 0.529 e. The molecule has 2 aromatic carbocycles. The number of rotatable bonds is 6. The molecule has 0 amide bonds. The third-order valence-corrected chi connectivity index (χ3v) is 4.91. The van der Waals surface area contributed by atoms with E-state index in [-0.39, 0.29) is 0 Å². The Morgan fingerprint density at radius 2 is 1.57 bits per heavy atom. The Labute approximate surface area is 137 Å². The summed E-state index contributed by atoms with van der Waals surface area (Å²) in [6, 6.07) is 13.9. The molecule has 0 spiro atoms. The van der Waals surface area contributed by atoms with E-state index in [0.29, 0.717) is 5.75 Å². The van der Waals surface area contributed by atoms with Crippen LogP contribution in [-0.2, 0) is 13.6 Å². The zero-order chi connectivity index (χ0) is 16.9. The number of phosphoric acid groups is 1. The zero-order valence-electron chi connectivity index (χ0n) is 13.8. The first-order valence-corrected chi connectivity index (χ1v) is 8.69. The molecule has 0 radical (unpaired) electrons. The second-order valence-corrected chi connectivity index (χ2v) is 6.88. The molecule has 0 bridgehead atoms. The molecule has 2 rings (SSSR count). The van der Waals surface area contributed by atoms with Crippen molar-refractivity contribution >= 4 is 20.0 Å². The van der Waals surface area contributed by atoms with Crippen molar-refractivity contribution in [1.29, 1.82) is 0 Å². The molecular weight excluding hydrogens is 311 g/mol. The molecule has 0 heterocycles. The molecule has 0 aromatic heterocycles. The van der Waals surface area contributed by atoms with E-state index < -0.39 is 7.82 Å². The van der Waals surface area contributed by atoms with Crippen molar-refractivity contribution in [3.63, 3.8) is 0 Å². The fraction of sp³-hybridized carbons (Fsp3) is 0.222. The minimum Gasteiger partial charge on any atom is -0.403 e. The molecule has 5 heteroatoms. The number of phosphoric ester groups is 1. The molecule has 0 fully saturated rings. The number of aryl methyl sites for hydroxylation is 1. The van der Waals surface area contributed by atoms with E-state index in [1.54, 1.807) is 0 Å². The average molecular weight is 332 g/mol. The van der Waals surface area contributed by atoms with Crippen molar-refractivity contribution < 1.29 is 18.1 Å². The lowest BCUT2D eigenvalue weighted by molar-refractivity contribution is 0.210. The monoisotopic (exact) mass is 332 g/mol. The van der Waals surface area contributed by atoms with Crippen molar-refractivity contribution in [3.05, 3.63) is 64.7 Å². The van der Waals surface area contributed by atoms with Crippen LogP contribution < -0.4 is 4.52 Å². The van der Waals surface area contributed by atoms with E-state index in [9.17, 15) is 4.57 Å². The SMILES string of the molecule is COP(=O)(OC)Oc1c(/C=C/c2ccccc2)ccc(C)c1C. The number of hydrogen-bond donors (Lipinski definition) is 0. The van der Waals surface area contributed by atoms with Gasteiger partial charge in [-0.2, -0.15) is 0 Å². The summed E-state index contributed by atoms with van der Waals surface area (Å²) in [5, 5.41) is 0. The lowest BCUT2D eigenvalue weighted by atomic mass is 10.0. The predicted octanol–water partition coefficient (Wildman–Crippen LogP) is 5.25. The Kier molecular flexibility index (Phi) is 5.78. The van der Waals surface area contributed by atoms with Crippen LogP contribution in [0.3, 0.4) is 0 Å². The minimum atomic E-state index is -3.61. The third kappa shape index (κ3) is 4.32. The maximum absolute atomic E-state index is 12.3. The van der Waals surface area contributed by atoms with Gasteiger partial charge in [0.15, 0.2) is 0 Å². The fourth-order valence-corrected chi connectivity index (χ4v) is 2.84. The Hall–Kier alpha value is -1.87. The van der Waals surface area contributed by atoms with Gasteiger partial charge in [0.1, 0.15) is 5.75 Å². The summed E-state index contributed by atoms with van der Waals surface area (Å²) in [5.74, 6) is 0.504. The lowest BCUT2D eigenvalue weighted by Gasteiger charge is -2.18. The van der Waals surface area contributed by atoms with Crippen molar-refractivity contribution in [2.75, 3.05) is 14.2 Å². The molecule has 0 N–H and O–H groups in total. The van der Waals surface area contributed by atoms with Gasteiger partial charge in [-0.05, 0) is 30.5 Å². The summed E-state index contributed by atoms with van der Waals surface area (Å²) in [5.41, 5.74) is 3.81. The van der Waals surface area contributed by atoms with E-state index in [1.165, 1.54) is 14.2 Å². The van der Waals surface area contributed by atoms with E-state index in [4.69, 9.17) is 13.6 Å². The first-order valence-electron chi connectivity index (χ1n) is 7.23. The van der Waals surface area contributed by atoms with Crippen LogP contribution in [-0.4, -0.2) is 14.2 Å². The van der Waals surface area contributed by atoms with Gasteiger partial charge in [-0.25, -0.2) is 4.57 Å². The van der Waals surface area contributed by atoms with Crippen LogP contribution in [0.5, 0.6) is 5.75 Å². The van der Waals surface area contributed by atoms with Crippen LogP contribution in [0.25, 0.3) is 12.2 Å². The Bertz CT molecular complexity index is 730. The summed E-state index contributed by atoms with van der Waals surface area (Å²) in [7, 11) is -1.01. The Morgan fingerprint density at radius 3 is 2.17 bits per heavy atom. The maximum Gasteiger partial charge on any atom is 0.529 e. The Balaban J connectivity index is 2.42. The van der Waals surface area contributed by atoms with Gasteiger partial charge in [0.25, 0.3) is 0 Å². The van der Waals surface area contributed by atoms with Gasteiger partial charge >= 0.3 is 7.82 Å². The summed E-state index contributed by atoms with van der Waals surface area (Å²) >= 11 is 0. The molecule has 23 heavy (non-hydrogen) atoms. The molecule has 0 saturated carbocycles. The second kappa shape index (κ2) is 7.60. The van der Waals surface area contributed by atoms with Gasteiger partial charge < -0.3 is 4.52 Å². The molecule has 0 aliphatic heterocycles. The van der Waals surface area contributed by atoms with Crippen molar-refractivity contribution in [3.8, 4) is 5.75 Å². The quantitative estimate of drug-likeness (QED) is 0.535. The maximum atomic E-state index is 12.3. The molecule has 0 atom stereocenters. The highest BCUT2D eigenvalue weighted by Gasteiger charge is 2.27. The van der Waals surface area contributed by atoms with Crippen molar-refractivity contribution in [2.45, 2.75) is 13.8 Å². The van der Waals surface area contributed by atoms with E-state index in [0.717, 1.165) is 22.3 Å². The van der Waals surface area contributed by atoms with Crippen LogP contribution >= 0.6 is 7.82 Å². The summed E-state index contributed by atoms with van der Waals surface area (Å²) < 4.78 is 27.7. The minimum absolute atomic E-state index is 0.504. The number of hydrogen-bond acceptors (Lipinski definition) is 4. The molecule has 0 unspecified atom stereocenters. The molecule has 2 aromatic rings. The highest BCUT2D eigenvalue weighted by atomic mass is 31.2. The Morgan fingerprint density at radius 1 is 0.913 bits per heavy atom. The number of benzene rings is 2. The molecule has 0 aliphatic rings. The van der Waals surface area contributed by atoms with E-state index in [2.05, 4.69) is 0 Å². The van der Waals surface area contributed by atoms with Gasteiger partial charge in [0.05, 0.1) is 0 Å². The van der Waals surface area contributed by atoms with Crippen LogP contribution in [0.4, 0.5) is 0 Å². The molecule has 0 saturated heterocycles. The zero-order valence-corrected chi connectivity index (χ0v) is 14.7. The van der Waals surface area contributed by atoms with Crippen LogP contribution in [0.1, 0.15) is 22.3 Å². The summed E-state index contributed by atoms with van der Waals surface area (Å²) in [6.45, 7) is 3.89. The first kappa shape index (κ1) is 17.5. The van der Waals surface area contributed by atoms with E-state index in [1.807, 2.05) is 68.5 Å². The average Bonchev–Trinajstić information content (AvgIpc) is 2.59. The third-order valence-electron chi connectivity index (χ3n) is 3.61. The molecular formula is C18H21O4P. The van der Waals surface area contributed by atoms with E-state index >= 15 is 0 Å². The molecule has 4 nitrogen and oxygen atoms in total. The predicted molar refractivity (Wildman–Crippen MR) is 93.5 cm³/mol. The van der Waals surface area contributed by atoms with Gasteiger partial charge in [-0.15, -0.1) is 0 Å². The topological polar surface area (TPSA) is 44.8 Å². The standard InChI is InChI=1S/C18H21O4P/c1-14-10-12-17(13-11-16-8-6-5-7-9-16)18(15(14)2)22-23(19,20-3)21-4/h5-13H,1-4H3/b13-11+. The highest BCUT2D eigenvalue weighted by Crippen LogP contribution is 2.49. The normalized spacial score (nSPS) is 11.8. The van der Waals surface area contributed by atoms with Gasteiger partial charge in [-0.3, -0.25) is 9.05 Å². The van der Waals surface area contributed by atoms with Crippen LogP contribution in [0.15, 0.2) is 42.5 Å². The van der Waals surface area contributed by atoms with Crippen LogP contribution in [0.2, 0.25) is 0 Å². The van der Waals surface area contributed by atoms with Gasteiger partial charge in [-0.1, -0.05) is 54.6 Å². The smallest absolute Gasteiger partial charge is 0.403 e. The summed E-state index contributed by atoms with van der Waals surface area (Å²) in [6.07, 6.45) is 3.90.